The Labute approximate surface area is 170 Å². The minimum absolute atomic E-state index is 0.0902. The lowest BCUT2D eigenvalue weighted by atomic mass is 10.0. The highest BCUT2D eigenvalue weighted by Gasteiger charge is 2.40. The molecule has 0 radical (unpaired) electrons. The van der Waals surface area contributed by atoms with E-state index < -0.39 is 6.04 Å². The molecule has 2 atom stereocenters. The maximum Gasteiger partial charge on any atom is 0.255 e. The van der Waals surface area contributed by atoms with Crippen LogP contribution in [0.5, 0.6) is 0 Å². The zero-order valence-electron chi connectivity index (χ0n) is 16.7. The molecule has 0 aromatic heterocycles. The fraction of sp³-hybridized carbons (Fsp3) is 0.591. The zero-order valence-corrected chi connectivity index (χ0v) is 16.7. The smallest absolute Gasteiger partial charge is 0.255 e. The van der Waals surface area contributed by atoms with Crippen molar-refractivity contribution in [1.82, 2.24) is 20.4 Å². The first kappa shape index (κ1) is 18.8. The summed E-state index contributed by atoms with van der Waals surface area (Å²) in [5, 5.41) is 5.85. The summed E-state index contributed by atoms with van der Waals surface area (Å²) in [5.74, 6) is 0.120. The quantitative estimate of drug-likeness (QED) is 0.702. The number of amides is 3. The second kappa shape index (κ2) is 7.54. The van der Waals surface area contributed by atoms with Crippen molar-refractivity contribution in [3.63, 3.8) is 0 Å². The molecule has 2 saturated heterocycles. The highest BCUT2D eigenvalue weighted by atomic mass is 16.2. The Hall–Kier alpha value is -2.25. The van der Waals surface area contributed by atoms with Crippen molar-refractivity contribution in [3.8, 4) is 0 Å². The van der Waals surface area contributed by atoms with E-state index in [4.69, 9.17) is 0 Å². The Morgan fingerprint density at radius 3 is 2.69 bits per heavy atom. The van der Waals surface area contributed by atoms with Gasteiger partial charge in [-0.2, -0.15) is 0 Å². The first-order valence-electron chi connectivity index (χ1n) is 10.8. The second-order valence-electron chi connectivity index (χ2n) is 8.86. The largest absolute Gasteiger partial charge is 0.322 e. The molecule has 1 unspecified atom stereocenters. The topological polar surface area (TPSA) is 81.8 Å². The molecule has 3 fully saturated rings. The number of imide groups is 1. The first-order chi connectivity index (χ1) is 14.1. The molecule has 0 bridgehead atoms. The van der Waals surface area contributed by atoms with Crippen LogP contribution in [0.15, 0.2) is 18.2 Å². The molecule has 5 rings (SSSR count). The average Bonchev–Trinajstić information content (AvgIpc) is 3.22. The zero-order chi connectivity index (χ0) is 20.0. The molecule has 154 valence electrons. The van der Waals surface area contributed by atoms with E-state index in [0.717, 1.165) is 37.7 Å². The Morgan fingerprint density at radius 2 is 1.97 bits per heavy atom. The molecule has 1 aliphatic carbocycles. The number of nitrogens with zero attached hydrogens (tertiary/aromatic N) is 2. The van der Waals surface area contributed by atoms with E-state index in [9.17, 15) is 14.4 Å². The number of benzene rings is 1. The summed E-state index contributed by atoms with van der Waals surface area (Å²) < 4.78 is 0. The third-order valence-corrected chi connectivity index (χ3v) is 6.79. The molecule has 7 heteroatoms. The number of nitrogens with one attached hydrogen (secondary N) is 2. The Balaban J connectivity index is 1.37. The van der Waals surface area contributed by atoms with E-state index in [0.29, 0.717) is 24.6 Å². The van der Waals surface area contributed by atoms with Crippen LogP contribution in [0.1, 0.15) is 53.6 Å². The minimum Gasteiger partial charge on any atom is -0.322 e. The van der Waals surface area contributed by atoms with Crippen molar-refractivity contribution in [3.05, 3.63) is 34.9 Å². The summed E-state index contributed by atoms with van der Waals surface area (Å²) in [7, 11) is 0. The molecular formula is C22H28N4O3. The predicted molar refractivity (Wildman–Crippen MR) is 107 cm³/mol. The fourth-order valence-electron chi connectivity index (χ4n) is 4.94. The summed E-state index contributed by atoms with van der Waals surface area (Å²) >= 11 is 0. The van der Waals surface area contributed by atoms with Crippen LogP contribution in [-0.4, -0.2) is 59.2 Å². The van der Waals surface area contributed by atoms with Gasteiger partial charge in [0.25, 0.3) is 5.91 Å². The SMILES string of the molecule is O=C1CCC(N2Cc3c(CN(CC4CC4)[C@H]4CCNC4)cccc3C2=O)C(=O)N1. The van der Waals surface area contributed by atoms with E-state index in [1.54, 1.807) is 4.90 Å². The van der Waals surface area contributed by atoms with E-state index in [2.05, 4.69) is 21.6 Å². The van der Waals surface area contributed by atoms with Gasteiger partial charge < -0.3 is 10.2 Å². The average molecular weight is 396 g/mol. The van der Waals surface area contributed by atoms with Gasteiger partial charge in [-0.3, -0.25) is 24.6 Å². The van der Waals surface area contributed by atoms with E-state index >= 15 is 0 Å². The lowest BCUT2D eigenvalue weighted by Gasteiger charge is -2.30. The molecule has 0 spiro atoms. The molecule has 2 N–H and O–H groups in total. The van der Waals surface area contributed by atoms with Crippen LogP contribution >= 0.6 is 0 Å². The second-order valence-corrected chi connectivity index (χ2v) is 8.86. The lowest BCUT2D eigenvalue weighted by Crippen LogP contribution is -2.52. The van der Waals surface area contributed by atoms with Gasteiger partial charge >= 0.3 is 0 Å². The summed E-state index contributed by atoms with van der Waals surface area (Å²) in [6.45, 7) is 4.53. The summed E-state index contributed by atoms with van der Waals surface area (Å²) in [5.41, 5.74) is 2.95. The number of piperidine rings is 1. The normalized spacial score (nSPS) is 26.9. The van der Waals surface area contributed by atoms with Gasteiger partial charge in [0.2, 0.25) is 11.8 Å². The highest BCUT2D eigenvalue weighted by molar-refractivity contribution is 6.05. The van der Waals surface area contributed by atoms with Crippen LogP contribution in [0.25, 0.3) is 0 Å². The molecule has 3 heterocycles. The van der Waals surface area contributed by atoms with Gasteiger partial charge in [-0.05, 0) is 55.3 Å². The summed E-state index contributed by atoms with van der Waals surface area (Å²) in [6.07, 6.45) is 4.51. The van der Waals surface area contributed by atoms with Crippen LogP contribution < -0.4 is 10.6 Å². The first-order valence-corrected chi connectivity index (χ1v) is 10.8. The summed E-state index contributed by atoms with van der Waals surface area (Å²) in [4.78, 5) is 41.1. The molecule has 3 amide bonds. The molecule has 4 aliphatic rings. The Morgan fingerprint density at radius 1 is 1.10 bits per heavy atom. The van der Waals surface area contributed by atoms with Crippen LogP contribution in [-0.2, 0) is 22.7 Å². The highest BCUT2D eigenvalue weighted by Crippen LogP contribution is 2.34. The van der Waals surface area contributed by atoms with Crippen molar-refractivity contribution in [2.45, 2.75) is 57.3 Å². The van der Waals surface area contributed by atoms with Gasteiger partial charge in [0.05, 0.1) is 0 Å². The minimum atomic E-state index is -0.554. The van der Waals surface area contributed by atoms with Crippen molar-refractivity contribution < 1.29 is 14.4 Å². The van der Waals surface area contributed by atoms with E-state index in [1.165, 1.54) is 24.8 Å². The van der Waals surface area contributed by atoms with Crippen LogP contribution in [0, 0.1) is 5.92 Å². The molecule has 3 aliphatic heterocycles. The third-order valence-electron chi connectivity index (χ3n) is 6.79. The van der Waals surface area contributed by atoms with Crippen molar-refractivity contribution in [2.75, 3.05) is 19.6 Å². The molecule has 7 nitrogen and oxygen atoms in total. The summed E-state index contributed by atoms with van der Waals surface area (Å²) in [6, 6.07) is 5.96. The van der Waals surface area contributed by atoms with Crippen molar-refractivity contribution in [1.29, 1.82) is 0 Å². The van der Waals surface area contributed by atoms with Crippen LogP contribution in [0.3, 0.4) is 0 Å². The number of carbonyl (C=O) groups is 3. The number of carbonyl (C=O) groups excluding carboxylic acids is 3. The maximum atomic E-state index is 13.0. The van der Waals surface area contributed by atoms with Gasteiger partial charge in [0.15, 0.2) is 0 Å². The van der Waals surface area contributed by atoms with Crippen LogP contribution in [0.2, 0.25) is 0 Å². The van der Waals surface area contributed by atoms with Crippen molar-refractivity contribution >= 4 is 17.7 Å². The predicted octanol–water partition coefficient (Wildman–Crippen LogP) is 1.02. The Bertz CT molecular complexity index is 844. The number of hydrogen-bond donors (Lipinski definition) is 2. The van der Waals surface area contributed by atoms with Gasteiger partial charge in [0, 0.05) is 44.2 Å². The Kier molecular flexibility index (Phi) is 4.87. The maximum absolute atomic E-state index is 13.0. The van der Waals surface area contributed by atoms with Gasteiger partial charge in [0.1, 0.15) is 6.04 Å². The molecular weight excluding hydrogens is 368 g/mol. The molecule has 1 aromatic carbocycles. The monoisotopic (exact) mass is 396 g/mol. The van der Waals surface area contributed by atoms with Gasteiger partial charge in [-0.25, -0.2) is 0 Å². The standard InChI is InChI=1S/C22H28N4O3/c27-20-7-6-19(21(28)24-20)26-13-18-15(2-1-3-17(18)22(26)29)12-25(11-14-4-5-14)16-8-9-23-10-16/h1-3,14,16,19,23H,4-13H2,(H,24,27,28)/t16-,19?/m0/s1. The van der Waals surface area contributed by atoms with Crippen molar-refractivity contribution in [2.24, 2.45) is 5.92 Å². The number of fused-ring (bicyclic) bond motifs is 1. The number of rotatable bonds is 6. The van der Waals surface area contributed by atoms with Gasteiger partial charge in [-0.1, -0.05) is 12.1 Å². The van der Waals surface area contributed by atoms with E-state index in [1.807, 2.05) is 12.1 Å². The molecule has 29 heavy (non-hydrogen) atoms. The third kappa shape index (κ3) is 3.69. The van der Waals surface area contributed by atoms with Gasteiger partial charge in [-0.15, -0.1) is 0 Å². The molecule has 1 aromatic rings. The fourth-order valence-corrected chi connectivity index (χ4v) is 4.94. The number of hydrogen-bond acceptors (Lipinski definition) is 5. The van der Waals surface area contributed by atoms with Crippen LogP contribution in [0.4, 0.5) is 0 Å². The molecule has 1 saturated carbocycles. The lowest BCUT2D eigenvalue weighted by molar-refractivity contribution is -0.136. The van der Waals surface area contributed by atoms with E-state index in [-0.39, 0.29) is 24.1 Å².